The summed E-state index contributed by atoms with van der Waals surface area (Å²) < 4.78 is 11.3. The van der Waals surface area contributed by atoms with Crippen LogP contribution < -0.4 is 10.1 Å². The molecule has 1 heterocycles. The highest BCUT2D eigenvalue weighted by molar-refractivity contribution is 5.96. The van der Waals surface area contributed by atoms with E-state index in [1.165, 1.54) is 0 Å². The molecule has 180 valence electrons. The van der Waals surface area contributed by atoms with Crippen LogP contribution >= 0.6 is 0 Å². The fourth-order valence-electron chi connectivity index (χ4n) is 2.96. The molecule has 0 bridgehead atoms. The molecule has 1 aromatic heterocycles. The first-order valence-electron chi connectivity index (χ1n) is 11.2. The molecular weight excluding hydrogens is 420 g/mol. The van der Waals surface area contributed by atoms with Crippen LogP contribution in [-0.2, 0) is 11.3 Å². The minimum Gasteiger partial charge on any atom is -0.491 e. The second-order valence-corrected chi connectivity index (χ2v) is 9.02. The van der Waals surface area contributed by atoms with Crippen LogP contribution in [0.15, 0.2) is 48.8 Å². The Balaban J connectivity index is 1.91. The monoisotopic (exact) mass is 456 g/mol. The van der Waals surface area contributed by atoms with Gasteiger partial charge in [0, 0.05) is 32.0 Å². The summed E-state index contributed by atoms with van der Waals surface area (Å²) in [6, 6.07) is 10.9. The Kier molecular flexibility index (Phi) is 10.1. The van der Waals surface area contributed by atoms with E-state index in [0.29, 0.717) is 44.0 Å². The summed E-state index contributed by atoms with van der Waals surface area (Å²) in [5.41, 5.74) is 0.821. The molecule has 33 heavy (non-hydrogen) atoms. The van der Waals surface area contributed by atoms with E-state index in [1.807, 2.05) is 64.0 Å². The summed E-state index contributed by atoms with van der Waals surface area (Å²) in [4.78, 5) is 33.2. The van der Waals surface area contributed by atoms with E-state index in [1.54, 1.807) is 29.4 Å². The number of hydrogen-bond acceptors (Lipinski definition) is 6. The van der Waals surface area contributed by atoms with Gasteiger partial charge in [-0.05, 0) is 65.0 Å². The predicted molar refractivity (Wildman–Crippen MR) is 128 cm³/mol. The molecule has 0 aliphatic heterocycles. The Labute approximate surface area is 196 Å². The summed E-state index contributed by atoms with van der Waals surface area (Å²) in [5, 5.41) is 2.92. The number of benzene rings is 1. The van der Waals surface area contributed by atoms with Crippen LogP contribution in [0.25, 0.3) is 0 Å². The maximum Gasteiger partial charge on any atom is 0.410 e. The van der Waals surface area contributed by atoms with Gasteiger partial charge in [-0.3, -0.25) is 9.78 Å². The van der Waals surface area contributed by atoms with E-state index in [0.717, 1.165) is 12.1 Å². The number of rotatable bonds is 11. The molecular formula is C25H36N4O4. The lowest BCUT2D eigenvalue weighted by Crippen LogP contribution is -2.38. The SMILES string of the molecule is CN(C)CCOc1ccccc1C(=O)NCCCN(Cc1cccnc1)C(=O)OC(C)(C)C. The van der Waals surface area contributed by atoms with Crippen molar-refractivity contribution in [2.75, 3.05) is 40.3 Å². The van der Waals surface area contributed by atoms with Crippen molar-refractivity contribution in [2.24, 2.45) is 0 Å². The molecule has 0 unspecified atom stereocenters. The van der Waals surface area contributed by atoms with Gasteiger partial charge in [-0.1, -0.05) is 18.2 Å². The van der Waals surface area contributed by atoms with E-state index in [4.69, 9.17) is 9.47 Å². The maximum atomic E-state index is 12.7. The number of ether oxygens (including phenoxy) is 2. The van der Waals surface area contributed by atoms with Crippen LogP contribution in [0.3, 0.4) is 0 Å². The molecule has 1 N–H and O–H groups in total. The molecule has 8 nitrogen and oxygen atoms in total. The van der Waals surface area contributed by atoms with E-state index in [2.05, 4.69) is 10.3 Å². The molecule has 0 saturated carbocycles. The highest BCUT2D eigenvalue weighted by atomic mass is 16.6. The van der Waals surface area contributed by atoms with Crippen LogP contribution in [0.5, 0.6) is 5.75 Å². The first-order chi connectivity index (χ1) is 15.7. The molecule has 0 spiro atoms. The lowest BCUT2D eigenvalue weighted by Gasteiger charge is -2.27. The zero-order valence-electron chi connectivity index (χ0n) is 20.3. The summed E-state index contributed by atoms with van der Waals surface area (Å²) >= 11 is 0. The van der Waals surface area contributed by atoms with Gasteiger partial charge in [-0.15, -0.1) is 0 Å². The van der Waals surface area contributed by atoms with Crippen LogP contribution in [0.4, 0.5) is 4.79 Å². The molecule has 2 rings (SSSR count). The largest absolute Gasteiger partial charge is 0.491 e. The molecule has 0 saturated heterocycles. The first kappa shape index (κ1) is 26.1. The zero-order valence-corrected chi connectivity index (χ0v) is 20.3. The van der Waals surface area contributed by atoms with Gasteiger partial charge < -0.3 is 24.6 Å². The molecule has 1 aromatic carbocycles. The fraction of sp³-hybridized carbons (Fsp3) is 0.480. The second-order valence-electron chi connectivity index (χ2n) is 9.02. The summed E-state index contributed by atoms with van der Waals surface area (Å²) in [7, 11) is 3.94. The van der Waals surface area contributed by atoms with Gasteiger partial charge in [0.05, 0.1) is 12.1 Å². The molecule has 0 fully saturated rings. The summed E-state index contributed by atoms with van der Waals surface area (Å²) in [5.74, 6) is 0.357. The molecule has 0 atom stereocenters. The minimum atomic E-state index is -0.589. The van der Waals surface area contributed by atoms with Crippen molar-refractivity contribution in [1.29, 1.82) is 0 Å². The topological polar surface area (TPSA) is 84.0 Å². The molecule has 0 aliphatic rings. The summed E-state index contributed by atoms with van der Waals surface area (Å²) in [6.07, 6.45) is 3.61. The highest BCUT2D eigenvalue weighted by Gasteiger charge is 2.22. The third-order valence-electron chi connectivity index (χ3n) is 4.57. The second kappa shape index (κ2) is 12.8. The van der Waals surface area contributed by atoms with Crippen LogP contribution in [0.2, 0.25) is 0 Å². The Morgan fingerprint density at radius 1 is 1.06 bits per heavy atom. The third kappa shape index (κ3) is 9.91. The number of amides is 2. The van der Waals surface area contributed by atoms with Crippen molar-refractivity contribution in [2.45, 2.75) is 39.3 Å². The summed E-state index contributed by atoms with van der Waals surface area (Å²) in [6.45, 7) is 8.01. The van der Waals surface area contributed by atoms with Crippen molar-refractivity contribution in [3.8, 4) is 5.75 Å². The standard InChI is InChI=1S/C25H36N4O4/c1-25(2,3)33-24(31)29(19-20-10-8-13-26-18-20)15-9-14-27-23(30)21-11-6-7-12-22(21)32-17-16-28(4)5/h6-8,10-13,18H,9,14-17,19H2,1-5H3,(H,27,30). The van der Waals surface area contributed by atoms with Crippen LogP contribution in [-0.4, -0.2) is 72.7 Å². The smallest absolute Gasteiger partial charge is 0.410 e. The number of carbonyl (C=O) groups excluding carboxylic acids is 2. The average molecular weight is 457 g/mol. The molecule has 8 heteroatoms. The van der Waals surface area contributed by atoms with Gasteiger partial charge >= 0.3 is 6.09 Å². The van der Waals surface area contributed by atoms with Crippen molar-refractivity contribution >= 4 is 12.0 Å². The van der Waals surface area contributed by atoms with Crippen LogP contribution in [0, 0.1) is 0 Å². The van der Waals surface area contributed by atoms with Crippen molar-refractivity contribution < 1.29 is 19.1 Å². The van der Waals surface area contributed by atoms with E-state index < -0.39 is 11.7 Å². The number of nitrogens with zero attached hydrogens (tertiary/aromatic N) is 3. The number of para-hydroxylation sites is 1. The number of likely N-dealkylation sites (N-methyl/N-ethyl adjacent to an activating group) is 1. The number of carbonyl (C=O) groups is 2. The molecule has 2 amide bonds. The van der Waals surface area contributed by atoms with E-state index in [9.17, 15) is 9.59 Å². The van der Waals surface area contributed by atoms with E-state index >= 15 is 0 Å². The van der Waals surface area contributed by atoms with Crippen molar-refractivity contribution in [1.82, 2.24) is 20.1 Å². The quantitative estimate of drug-likeness (QED) is 0.521. The van der Waals surface area contributed by atoms with Gasteiger partial charge in [-0.2, -0.15) is 0 Å². The first-order valence-corrected chi connectivity index (χ1v) is 11.2. The Bertz CT molecular complexity index is 881. The van der Waals surface area contributed by atoms with Gasteiger partial charge in [-0.25, -0.2) is 4.79 Å². The lowest BCUT2D eigenvalue weighted by atomic mass is 10.2. The lowest BCUT2D eigenvalue weighted by molar-refractivity contribution is 0.0232. The Morgan fingerprint density at radius 3 is 2.48 bits per heavy atom. The number of hydrogen-bond donors (Lipinski definition) is 1. The fourth-order valence-corrected chi connectivity index (χ4v) is 2.96. The average Bonchev–Trinajstić information content (AvgIpc) is 2.75. The molecule has 0 aliphatic carbocycles. The Hall–Kier alpha value is -3.13. The number of pyridine rings is 1. The molecule has 0 radical (unpaired) electrons. The highest BCUT2D eigenvalue weighted by Crippen LogP contribution is 2.18. The zero-order chi connectivity index (χ0) is 24.3. The number of aromatic nitrogens is 1. The van der Waals surface area contributed by atoms with E-state index in [-0.39, 0.29) is 5.91 Å². The Morgan fingerprint density at radius 2 is 1.82 bits per heavy atom. The molecule has 2 aromatic rings. The van der Waals surface area contributed by atoms with Gasteiger partial charge in [0.15, 0.2) is 0 Å². The van der Waals surface area contributed by atoms with Gasteiger partial charge in [0.1, 0.15) is 18.0 Å². The van der Waals surface area contributed by atoms with Crippen molar-refractivity contribution in [3.05, 3.63) is 59.9 Å². The van der Waals surface area contributed by atoms with Gasteiger partial charge in [0.2, 0.25) is 0 Å². The van der Waals surface area contributed by atoms with Crippen LogP contribution in [0.1, 0.15) is 43.1 Å². The predicted octanol–water partition coefficient (Wildman–Crippen LogP) is 3.58. The van der Waals surface area contributed by atoms with Crippen molar-refractivity contribution in [3.63, 3.8) is 0 Å². The van der Waals surface area contributed by atoms with Gasteiger partial charge in [0.25, 0.3) is 5.91 Å². The maximum absolute atomic E-state index is 12.7. The number of nitrogens with one attached hydrogen (secondary N) is 1. The minimum absolute atomic E-state index is 0.202. The normalized spacial score (nSPS) is 11.2. The third-order valence-corrected chi connectivity index (χ3v) is 4.57.